The van der Waals surface area contributed by atoms with Gasteiger partial charge in [0.2, 0.25) is 0 Å². The number of aryl methyl sites for hydroxylation is 5. The molecule has 0 aliphatic rings. The van der Waals surface area contributed by atoms with Crippen LogP contribution in [0.25, 0.3) is 17.1 Å². The summed E-state index contributed by atoms with van der Waals surface area (Å²) in [6, 6.07) is 17.9. The molecular weight excluding hydrogens is 372 g/mol. The summed E-state index contributed by atoms with van der Waals surface area (Å²) in [5, 5.41) is 7.84. The Morgan fingerprint density at radius 3 is 2.37 bits per heavy atom. The van der Waals surface area contributed by atoms with E-state index in [0.29, 0.717) is 5.69 Å². The van der Waals surface area contributed by atoms with E-state index in [0.717, 1.165) is 33.9 Å². The second kappa shape index (κ2) is 7.67. The average Bonchev–Trinajstić information content (AvgIpc) is 3.31. The highest BCUT2D eigenvalue weighted by Crippen LogP contribution is 2.25. The van der Waals surface area contributed by atoms with E-state index in [9.17, 15) is 4.79 Å². The monoisotopic (exact) mass is 398 g/mol. The van der Waals surface area contributed by atoms with Gasteiger partial charge in [0, 0.05) is 18.9 Å². The summed E-state index contributed by atoms with van der Waals surface area (Å²) in [6.45, 7) is 8.19. The summed E-state index contributed by atoms with van der Waals surface area (Å²) >= 11 is 0. The molecule has 2 heterocycles. The van der Waals surface area contributed by atoms with Crippen LogP contribution in [-0.4, -0.2) is 20.3 Å². The lowest BCUT2D eigenvalue weighted by Crippen LogP contribution is -2.17. The quantitative estimate of drug-likeness (QED) is 0.503. The largest absolute Gasteiger partial charge is 0.349 e. The lowest BCUT2D eigenvalue weighted by atomic mass is 10.1. The van der Waals surface area contributed by atoms with Gasteiger partial charge in [0.15, 0.2) is 0 Å². The number of anilines is 1. The predicted octanol–water partition coefficient (Wildman–Crippen LogP) is 5.36. The van der Waals surface area contributed by atoms with Gasteiger partial charge >= 0.3 is 0 Å². The zero-order chi connectivity index (χ0) is 21.4. The lowest BCUT2D eigenvalue weighted by Gasteiger charge is -2.12. The highest BCUT2D eigenvalue weighted by molar-refractivity contribution is 6.04. The van der Waals surface area contributed by atoms with Gasteiger partial charge in [0.1, 0.15) is 11.4 Å². The maximum Gasteiger partial charge on any atom is 0.274 e. The Hall–Kier alpha value is -3.60. The van der Waals surface area contributed by atoms with E-state index in [1.807, 2.05) is 80.2 Å². The Labute approximate surface area is 177 Å². The highest BCUT2D eigenvalue weighted by Gasteiger charge is 2.20. The van der Waals surface area contributed by atoms with Gasteiger partial charge in [-0.25, -0.2) is 4.68 Å². The molecule has 0 radical (unpaired) electrons. The van der Waals surface area contributed by atoms with Crippen molar-refractivity contribution >= 4 is 11.6 Å². The van der Waals surface area contributed by atoms with Crippen LogP contribution in [0.5, 0.6) is 0 Å². The fourth-order valence-electron chi connectivity index (χ4n) is 3.64. The molecule has 5 heteroatoms. The van der Waals surface area contributed by atoms with Crippen molar-refractivity contribution in [3.05, 3.63) is 88.7 Å². The molecule has 0 aliphatic heterocycles. The molecule has 4 aromatic rings. The van der Waals surface area contributed by atoms with Crippen LogP contribution in [0.4, 0.5) is 5.69 Å². The SMILES string of the molecule is Cc1ccc(-n2nc(-c3cccn3C)cc2C(=O)Nc2ccc(C)c(C)c2)c(C)c1. The van der Waals surface area contributed by atoms with Crippen molar-refractivity contribution in [1.82, 2.24) is 14.3 Å². The molecule has 1 amide bonds. The van der Waals surface area contributed by atoms with Crippen molar-refractivity contribution in [3.63, 3.8) is 0 Å². The van der Waals surface area contributed by atoms with Gasteiger partial charge in [-0.05, 0) is 80.8 Å². The van der Waals surface area contributed by atoms with Crippen LogP contribution in [0.1, 0.15) is 32.7 Å². The van der Waals surface area contributed by atoms with E-state index in [4.69, 9.17) is 5.10 Å². The Balaban J connectivity index is 1.80. The second-order valence-electron chi connectivity index (χ2n) is 7.87. The second-order valence-corrected chi connectivity index (χ2v) is 7.87. The van der Waals surface area contributed by atoms with Gasteiger partial charge in [0.05, 0.1) is 11.4 Å². The fraction of sp³-hybridized carbons (Fsp3) is 0.200. The lowest BCUT2D eigenvalue weighted by molar-refractivity contribution is 0.101. The molecule has 2 aromatic carbocycles. The number of carbonyl (C=O) groups is 1. The summed E-state index contributed by atoms with van der Waals surface area (Å²) < 4.78 is 3.74. The van der Waals surface area contributed by atoms with E-state index in [1.54, 1.807) is 4.68 Å². The van der Waals surface area contributed by atoms with Crippen LogP contribution in [0, 0.1) is 27.7 Å². The Morgan fingerprint density at radius 2 is 1.70 bits per heavy atom. The van der Waals surface area contributed by atoms with Crippen molar-refractivity contribution in [2.45, 2.75) is 27.7 Å². The third kappa shape index (κ3) is 3.66. The minimum atomic E-state index is -0.189. The summed E-state index contributed by atoms with van der Waals surface area (Å²) in [7, 11) is 1.97. The van der Waals surface area contributed by atoms with Gasteiger partial charge in [-0.1, -0.05) is 23.8 Å². The molecule has 0 atom stereocenters. The van der Waals surface area contributed by atoms with E-state index in [2.05, 4.69) is 25.2 Å². The van der Waals surface area contributed by atoms with Crippen LogP contribution in [0.15, 0.2) is 60.8 Å². The molecule has 152 valence electrons. The third-order valence-corrected chi connectivity index (χ3v) is 5.49. The number of nitrogens with zero attached hydrogens (tertiary/aromatic N) is 3. The van der Waals surface area contributed by atoms with Gasteiger partial charge in [-0.2, -0.15) is 5.10 Å². The van der Waals surface area contributed by atoms with Gasteiger partial charge in [-0.3, -0.25) is 4.79 Å². The molecule has 30 heavy (non-hydrogen) atoms. The van der Waals surface area contributed by atoms with E-state index >= 15 is 0 Å². The zero-order valence-electron chi connectivity index (χ0n) is 18.0. The topological polar surface area (TPSA) is 51.9 Å². The first kappa shape index (κ1) is 19.7. The first-order chi connectivity index (χ1) is 14.3. The van der Waals surface area contributed by atoms with Crippen molar-refractivity contribution in [3.8, 4) is 17.1 Å². The minimum absolute atomic E-state index is 0.189. The minimum Gasteiger partial charge on any atom is -0.349 e. The van der Waals surface area contributed by atoms with Gasteiger partial charge < -0.3 is 9.88 Å². The van der Waals surface area contributed by atoms with Crippen LogP contribution in [-0.2, 0) is 7.05 Å². The van der Waals surface area contributed by atoms with Crippen molar-refractivity contribution in [1.29, 1.82) is 0 Å². The smallest absolute Gasteiger partial charge is 0.274 e. The van der Waals surface area contributed by atoms with Crippen molar-refractivity contribution < 1.29 is 4.79 Å². The number of benzene rings is 2. The van der Waals surface area contributed by atoms with Gasteiger partial charge in [-0.15, -0.1) is 0 Å². The zero-order valence-corrected chi connectivity index (χ0v) is 18.0. The number of nitrogens with one attached hydrogen (secondary N) is 1. The molecule has 1 N–H and O–H groups in total. The standard InChI is InChI=1S/C25H26N4O/c1-16-8-11-22(19(4)13-16)29-24(15-21(27-29)23-7-6-12-28(23)5)25(30)26-20-10-9-17(2)18(3)14-20/h6-15H,1-5H3,(H,26,30). The first-order valence-corrected chi connectivity index (χ1v) is 10.0. The molecule has 0 bridgehead atoms. The van der Waals surface area contributed by atoms with Crippen LogP contribution in [0.3, 0.4) is 0 Å². The normalized spacial score (nSPS) is 11.0. The van der Waals surface area contributed by atoms with E-state index in [1.165, 1.54) is 11.1 Å². The van der Waals surface area contributed by atoms with Crippen molar-refractivity contribution in [2.75, 3.05) is 5.32 Å². The van der Waals surface area contributed by atoms with Crippen LogP contribution < -0.4 is 5.32 Å². The van der Waals surface area contributed by atoms with Crippen molar-refractivity contribution in [2.24, 2.45) is 7.05 Å². The van der Waals surface area contributed by atoms with E-state index in [-0.39, 0.29) is 5.91 Å². The Bertz CT molecular complexity index is 1250. The van der Waals surface area contributed by atoms with E-state index < -0.39 is 0 Å². The molecule has 5 nitrogen and oxygen atoms in total. The fourth-order valence-corrected chi connectivity index (χ4v) is 3.64. The van der Waals surface area contributed by atoms with Crippen LogP contribution >= 0.6 is 0 Å². The first-order valence-electron chi connectivity index (χ1n) is 10.0. The number of hydrogen-bond acceptors (Lipinski definition) is 2. The number of rotatable bonds is 4. The molecule has 0 fully saturated rings. The highest BCUT2D eigenvalue weighted by atomic mass is 16.2. The number of aromatic nitrogens is 3. The molecule has 0 spiro atoms. The third-order valence-electron chi connectivity index (χ3n) is 5.49. The predicted molar refractivity (Wildman–Crippen MR) is 121 cm³/mol. The molecule has 0 unspecified atom stereocenters. The summed E-state index contributed by atoms with van der Waals surface area (Å²) in [5.41, 5.74) is 8.45. The van der Waals surface area contributed by atoms with Gasteiger partial charge in [0.25, 0.3) is 5.91 Å². The maximum absolute atomic E-state index is 13.3. The molecule has 4 rings (SSSR count). The molecule has 2 aromatic heterocycles. The number of amides is 1. The average molecular weight is 399 g/mol. The summed E-state index contributed by atoms with van der Waals surface area (Å²) in [6.07, 6.45) is 1.97. The molecule has 0 saturated heterocycles. The molecular formula is C25H26N4O. The Morgan fingerprint density at radius 1 is 0.900 bits per heavy atom. The molecule has 0 saturated carbocycles. The Kier molecular flexibility index (Phi) is 5.04. The van der Waals surface area contributed by atoms with Crippen LogP contribution in [0.2, 0.25) is 0 Å². The summed E-state index contributed by atoms with van der Waals surface area (Å²) in [4.78, 5) is 13.3. The number of carbonyl (C=O) groups excluding carboxylic acids is 1. The number of hydrogen-bond donors (Lipinski definition) is 1. The summed E-state index contributed by atoms with van der Waals surface area (Å²) in [5.74, 6) is -0.189. The molecule has 0 aliphatic carbocycles. The maximum atomic E-state index is 13.3.